The fourth-order valence-corrected chi connectivity index (χ4v) is 4.81. The summed E-state index contributed by atoms with van der Waals surface area (Å²) < 4.78 is 17.0. The lowest BCUT2D eigenvalue weighted by atomic mass is 9.86. The summed E-state index contributed by atoms with van der Waals surface area (Å²) in [6.07, 6.45) is 7.33. The van der Waals surface area contributed by atoms with Gasteiger partial charge in [-0.2, -0.15) is 0 Å². The quantitative estimate of drug-likeness (QED) is 0.419. The number of carbonyl (C=O) groups excluding carboxylic acids is 1. The molecule has 2 fully saturated rings. The maximum Gasteiger partial charge on any atom is 0.306 e. The minimum Gasteiger partial charge on any atom is -0.491 e. The summed E-state index contributed by atoms with van der Waals surface area (Å²) >= 11 is 0. The average molecular weight is 447 g/mol. The Balaban J connectivity index is 1.44. The molecule has 1 saturated heterocycles. The largest absolute Gasteiger partial charge is 0.491 e. The van der Waals surface area contributed by atoms with E-state index in [4.69, 9.17) is 14.2 Å². The van der Waals surface area contributed by atoms with Crippen LogP contribution in [-0.4, -0.2) is 53.8 Å². The van der Waals surface area contributed by atoms with Gasteiger partial charge in [0.1, 0.15) is 18.5 Å². The molecule has 1 aliphatic carbocycles. The molecule has 1 heterocycles. The third kappa shape index (κ3) is 7.61. The minimum absolute atomic E-state index is 0.0221. The van der Waals surface area contributed by atoms with Crippen molar-refractivity contribution in [2.45, 2.75) is 76.8 Å². The van der Waals surface area contributed by atoms with Crippen molar-refractivity contribution in [3.8, 4) is 5.75 Å². The number of hydrogen-bond acceptors (Lipinski definition) is 6. The monoisotopic (exact) mass is 446 g/mol. The summed E-state index contributed by atoms with van der Waals surface area (Å²) in [7, 11) is 0. The van der Waals surface area contributed by atoms with Gasteiger partial charge < -0.3 is 24.4 Å². The van der Waals surface area contributed by atoms with Gasteiger partial charge in [0.25, 0.3) is 0 Å². The van der Waals surface area contributed by atoms with Crippen LogP contribution in [0.15, 0.2) is 42.5 Å². The molecule has 0 aromatic heterocycles. The first-order valence-electron chi connectivity index (χ1n) is 12.0. The highest BCUT2D eigenvalue weighted by Gasteiger charge is 2.43. The molecule has 3 rings (SSSR count). The van der Waals surface area contributed by atoms with E-state index in [1.54, 1.807) is 6.08 Å². The SMILES string of the molecule is CC(C)OC(=O)CCC[C@H]1CC[C@@H]2[C@@H](/C=C/[C@H](O)COc3ccccc3)[C@H](O)C[C@@H]2OC1. The third-order valence-electron chi connectivity index (χ3n) is 6.42. The highest BCUT2D eigenvalue weighted by Crippen LogP contribution is 2.42. The minimum atomic E-state index is -0.730. The van der Waals surface area contributed by atoms with Gasteiger partial charge >= 0.3 is 5.97 Å². The lowest BCUT2D eigenvalue weighted by Gasteiger charge is -2.21. The van der Waals surface area contributed by atoms with Crippen molar-refractivity contribution < 1.29 is 29.2 Å². The van der Waals surface area contributed by atoms with Gasteiger partial charge in [-0.1, -0.05) is 30.4 Å². The Bertz CT molecular complexity index is 718. The first kappa shape index (κ1) is 24.7. The molecule has 32 heavy (non-hydrogen) atoms. The summed E-state index contributed by atoms with van der Waals surface area (Å²) in [5, 5.41) is 20.9. The lowest BCUT2D eigenvalue weighted by Crippen LogP contribution is -2.22. The Morgan fingerprint density at radius 3 is 2.78 bits per heavy atom. The molecule has 6 heteroatoms. The Labute approximate surface area is 191 Å². The highest BCUT2D eigenvalue weighted by molar-refractivity contribution is 5.69. The van der Waals surface area contributed by atoms with Crippen LogP contribution in [0.5, 0.6) is 5.75 Å². The van der Waals surface area contributed by atoms with Crippen LogP contribution in [-0.2, 0) is 14.3 Å². The number of fused-ring (bicyclic) bond motifs is 1. The molecule has 0 spiro atoms. The molecule has 0 radical (unpaired) electrons. The van der Waals surface area contributed by atoms with E-state index in [-0.39, 0.29) is 36.6 Å². The summed E-state index contributed by atoms with van der Waals surface area (Å²) in [4.78, 5) is 11.7. The summed E-state index contributed by atoms with van der Waals surface area (Å²) in [5.74, 6) is 1.25. The van der Waals surface area contributed by atoms with Gasteiger partial charge in [-0.05, 0) is 63.5 Å². The number of aliphatic hydroxyl groups is 2. The number of carbonyl (C=O) groups is 1. The molecular weight excluding hydrogens is 408 g/mol. The smallest absolute Gasteiger partial charge is 0.306 e. The van der Waals surface area contributed by atoms with E-state index in [0.29, 0.717) is 25.4 Å². The van der Waals surface area contributed by atoms with Crippen molar-refractivity contribution in [1.82, 2.24) is 0 Å². The van der Waals surface area contributed by atoms with E-state index in [2.05, 4.69) is 0 Å². The standard InChI is InChI=1S/C26H38O6/c1-18(2)32-26(29)10-6-7-19-11-13-23-22(24(28)15-25(23)31-16-19)14-12-20(27)17-30-21-8-4-3-5-9-21/h3-5,8-9,12,14,18-20,22-25,27-28H,6-7,10-11,13,15-17H2,1-2H3/b14-12+/t19-,20-,22+,23+,24+,25-/m0/s1. The summed E-state index contributed by atoms with van der Waals surface area (Å²) in [6.45, 7) is 4.58. The van der Waals surface area contributed by atoms with Crippen LogP contribution in [0.1, 0.15) is 52.4 Å². The Hall–Kier alpha value is -1.89. The normalized spacial score (nSPS) is 29.0. The number of aliphatic hydroxyl groups excluding tert-OH is 2. The van der Waals surface area contributed by atoms with Crippen LogP contribution < -0.4 is 4.74 Å². The van der Waals surface area contributed by atoms with Crippen LogP contribution in [0.25, 0.3) is 0 Å². The van der Waals surface area contributed by atoms with Gasteiger partial charge in [0, 0.05) is 25.4 Å². The molecule has 0 unspecified atom stereocenters. The topological polar surface area (TPSA) is 85.2 Å². The second-order valence-electron chi connectivity index (χ2n) is 9.37. The van der Waals surface area contributed by atoms with Crippen molar-refractivity contribution >= 4 is 5.97 Å². The van der Waals surface area contributed by atoms with E-state index in [1.165, 1.54) is 0 Å². The number of ether oxygens (including phenoxy) is 3. The van der Waals surface area contributed by atoms with Crippen molar-refractivity contribution in [3.05, 3.63) is 42.5 Å². The average Bonchev–Trinajstić information content (AvgIpc) is 2.92. The number of rotatable bonds is 10. The number of para-hydroxylation sites is 1. The zero-order valence-corrected chi connectivity index (χ0v) is 19.3. The van der Waals surface area contributed by atoms with Crippen LogP contribution >= 0.6 is 0 Å². The first-order chi connectivity index (χ1) is 15.4. The van der Waals surface area contributed by atoms with Gasteiger partial charge in [-0.3, -0.25) is 4.79 Å². The molecule has 178 valence electrons. The molecule has 0 amide bonds. The van der Waals surface area contributed by atoms with Gasteiger partial charge in [0.15, 0.2) is 0 Å². The summed E-state index contributed by atoms with van der Waals surface area (Å²) in [6, 6.07) is 9.41. The molecule has 2 aliphatic rings. The molecular formula is C26H38O6. The number of hydrogen-bond donors (Lipinski definition) is 2. The van der Waals surface area contributed by atoms with Gasteiger partial charge in [0.05, 0.1) is 18.3 Å². The molecule has 1 saturated carbocycles. The van der Waals surface area contributed by atoms with Crippen LogP contribution in [0, 0.1) is 17.8 Å². The molecule has 1 aromatic carbocycles. The summed E-state index contributed by atoms with van der Waals surface area (Å²) in [5.41, 5.74) is 0. The predicted octanol–water partition coefficient (Wildman–Crippen LogP) is 3.90. The van der Waals surface area contributed by atoms with Crippen molar-refractivity contribution in [1.29, 1.82) is 0 Å². The Morgan fingerprint density at radius 1 is 1.25 bits per heavy atom. The second-order valence-corrected chi connectivity index (χ2v) is 9.37. The Morgan fingerprint density at radius 2 is 2.03 bits per heavy atom. The second kappa shape index (κ2) is 12.4. The molecule has 6 atom stereocenters. The van der Waals surface area contributed by atoms with Gasteiger partial charge in [0.2, 0.25) is 0 Å². The number of benzene rings is 1. The van der Waals surface area contributed by atoms with Crippen molar-refractivity contribution in [3.63, 3.8) is 0 Å². The Kier molecular flexibility index (Phi) is 9.57. The maximum atomic E-state index is 11.7. The molecule has 2 N–H and O–H groups in total. The van der Waals surface area contributed by atoms with Crippen LogP contribution in [0.2, 0.25) is 0 Å². The highest BCUT2D eigenvalue weighted by atomic mass is 16.5. The van der Waals surface area contributed by atoms with Crippen molar-refractivity contribution in [2.75, 3.05) is 13.2 Å². The third-order valence-corrected chi connectivity index (χ3v) is 6.42. The zero-order chi connectivity index (χ0) is 22.9. The first-order valence-corrected chi connectivity index (χ1v) is 12.0. The predicted molar refractivity (Wildman–Crippen MR) is 122 cm³/mol. The van der Waals surface area contributed by atoms with E-state index in [9.17, 15) is 15.0 Å². The zero-order valence-electron chi connectivity index (χ0n) is 19.3. The molecule has 6 nitrogen and oxygen atoms in total. The molecule has 1 aliphatic heterocycles. The lowest BCUT2D eigenvalue weighted by molar-refractivity contribution is -0.147. The molecule has 0 bridgehead atoms. The number of esters is 1. The maximum absolute atomic E-state index is 11.7. The fraction of sp³-hybridized carbons (Fsp3) is 0.654. The van der Waals surface area contributed by atoms with E-state index >= 15 is 0 Å². The van der Waals surface area contributed by atoms with Gasteiger partial charge in [-0.25, -0.2) is 0 Å². The van der Waals surface area contributed by atoms with Crippen LogP contribution in [0.4, 0.5) is 0 Å². The van der Waals surface area contributed by atoms with Gasteiger partial charge in [-0.15, -0.1) is 0 Å². The van der Waals surface area contributed by atoms with Crippen molar-refractivity contribution in [2.24, 2.45) is 17.8 Å². The van der Waals surface area contributed by atoms with E-state index < -0.39 is 12.2 Å². The fourth-order valence-electron chi connectivity index (χ4n) is 4.81. The van der Waals surface area contributed by atoms with E-state index in [1.807, 2.05) is 50.3 Å². The van der Waals surface area contributed by atoms with E-state index in [0.717, 1.165) is 31.4 Å². The van der Waals surface area contributed by atoms with Crippen LogP contribution in [0.3, 0.4) is 0 Å². The molecule has 1 aromatic rings.